The molecule has 0 spiro atoms. The van der Waals surface area contributed by atoms with Crippen molar-refractivity contribution in [3.63, 3.8) is 0 Å². The van der Waals surface area contributed by atoms with Gasteiger partial charge in [-0.15, -0.1) is 34.0 Å². The Morgan fingerprint density at radius 1 is 0.931 bits per heavy atom. The molecular weight excluding hydrogens is 414 g/mol. The molecule has 0 aliphatic carbocycles. The number of para-hydroxylation sites is 1. The molecule has 3 heterocycles. The van der Waals surface area contributed by atoms with Crippen molar-refractivity contribution in [2.45, 2.75) is 33.1 Å². The van der Waals surface area contributed by atoms with E-state index in [1.807, 2.05) is 6.07 Å². The van der Waals surface area contributed by atoms with Crippen molar-refractivity contribution in [3.8, 4) is 10.7 Å². The van der Waals surface area contributed by atoms with E-state index in [0.717, 1.165) is 38.3 Å². The molecule has 0 amide bonds. The largest absolute Gasteiger partial charge is 0.241 e. The van der Waals surface area contributed by atoms with Crippen LogP contribution >= 0.6 is 34.0 Å². The maximum atomic E-state index is 4.83. The number of hydrogen-bond donors (Lipinski definition) is 0. The third-order valence-corrected chi connectivity index (χ3v) is 7.36. The van der Waals surface area contributed by atoms with Crippen LogP contribution in [0, 0.1) is 5.92 Å². The summed E-state index contributed by atoms with van der Waals surface area (Å²) in [6, 6.07) is 8.27. The minimum Gasteiger partial charge on any atom is -0.241 e. The molecule has 0 aliphatic rings. The topological polar surface area (TPSA) is 38.7 Å². The summed E-state index contributed by atoms with van der Waals surface area (Å²) >= 11 is 5.11. The van der Waals surface area contributed by atoms with Crippen molar-refractivity contribution in [2.24, 2.45) is 5.92 Å². The number of aromatic nitrogens is 3. The van der Waals surface area contributed by atoms with Gasteiger partial charge in [0.25, 0.3) is 0 Å². The summed E-state index contributed by atoms with van der Waals surface area (Å²) < 4.78 is 1.23. The number of benzene rings is 1. The average Bonchev–Trinajstić information content (AvgIpc) is 3.43. The number of fused-ring (bicyclic) bond motifs is 1. The SMILES string of the molecule is CC(C)/C=C/C=C/[C@H](C)c1nc(-c2nc(Cc3nc4ccccc4s3)cs2)cs1. The van der Waals surface area contributed by atoms with E-state index < -0.39 is 0 Å². The van der Waals surface area contributed by atoms with Crippen LogP contribution in [0.25, 0.3) is 20.9 Å². The van der Waals surface area contributed by atoms with Crippen LogP contribution in [0.5, 0.6) is 0 Å². The van der Waals surface area contributed by atoms with Gasteiger partial charge >= 0.3 is 0 Å². The van der Waals surface area contributed by atoms with E-state index in [4.69, 9.17) is 15.0 Å². The van der Waals surface area contributed by atoms with Gasteiger partial charge in [0.15, 0.2) is 0 Å². The highest BCUT2D eigenvalue weighted by atomic mass is 32.1. The molecule has 0 saturated carbocycles. The van der Waals surface area contributed by atoms with Gasteiger partial charge in [0.05, 0.1) is 25.9 Å². The zero-order valence-corrected chi connectivity index (χ0v) is 19.2. The average molecular weight is 438 g/mol. The van der Waals surface area contributed by atoms with E-state index >= 15 is 0 Å². The summed E-state index contributed by atoms with van der Waals surface area (Å²) in [6.45, 7) is 6.54. The summed E-state index contributed by atoms with van der Waals surface area (Å²) in [6.07, 6.45) is 9.39. The second-order valence-corrected chi connectivity index (χ2v) is 10.1. The van der Waals surface area contributed by atoms with E-state index in [1.165, 1.54) is 4.70 Å². The zero-order valence-electron chi connectivity index (χ0n) is 16.7. The van der Waals surface area contributed by atoms with Crippen molar-refractivity contribution >= 4 is 44.2 Å². The highest BCUT2D eigenvalue weighted by Crippen LogP contribution is 2.30. The molecule has 0 radical (unpaired) electrons. The van der Waals surface area contributed by atoms with Gasteiger partial charge in [0.1, 0.15) is 10.7 Å². The molecule has 0 bridgehead atoms. The van der Waals surface area contributed by atoms with Crippen LogP contribution in [0.1, 0.15) is 42.4 Å². The molecular formula is C23H23N3S3. The van der Waals surface area contributed by atoms with Gasteiger partial charge in [-0.05, 0) is 18.1 Å². The first kappa shape index (κ1) is 20.1. The number of rotatable bonds is 7. The number of allylic oxidation sites excluding steroid dienone is 4. The predicted octanol–water partition coefficient (Wildman–Crippen LogP) is 7.34. The maximum absolute atomic E-state index is 4.83. The lowest BCUT2D eigenvalue weighted by molar-refractivity contribution is 0.831. The Hall–Kier alpha value is -2.15. The zero-order chi connectivity index (χ0) is 20.2. The summed E-state index contributed by atoms with van der Waals surface area (Å²) in [4.78, 5) is 14.4. The molecule has 4 rings (SSSR count). The molecule has 0 aliphatic heterocycles. The molecule has 0 unspecified atom stereocenters. The highest BCUT2D eigenvalue weighted by molar-refractivity contribution is 7.18. The Kier molecular flexibility index (Phi) is 6.33. The van der Waals surface area contributed by atoms with Crippen LogP contribution in [0.15, 0.2) is 59.3 Å². The molecule has 6 heteroatoms. The lowest BCUT2D eigenvalue weighted by Gasteiger charge is -1.99. The van der Waals surface area contributed by atoms with Crippen molar-refractivity contribution < 1.29 is 0 Å². The van der Waals surface area contributed by atoms with Crippen molar-refractivity contribution in [1.29, 1.82) is 0 Å². The van der Waals surface area contributed by atoms with Crippen LogP contribution in [-0.2, 0) is 6.42 Å². The molecule has 1 atom stereocenters. The fraction of sp³-hybridized carbons (Fsp3) is 0.261. The molecule has 0 fully saturated rings. The number of hydrogen-bond acceptors (Lipinski definition) is 6. The second kappa shape index (κ2) is 9.11. The van der Waals surface area contributed by atoms with E-state index in [1.54, 1.807) is 34.0 Å². The fourth-order valence-corrected chi connectivity index (χ4v) is 5.53. The predicted molar refractivity (Wildman–Crippen MR) is 127 cm³/mol. The molecule has 1 aromatic carbocycles. The second-order valence-electron chi connectivity index (χ2n) is 7.27. The lowest BCUT2D eigenvalue weighted by atomic mass is 10.1. The summed E-state index contributed by atoms with van der Waals surface area (Å²) in [5.74, 6) is 0.871. The number of thiazole rings is 3. The van der Waals surface area contributed by atoms with E-state index in [9.17, 15) is 0 Å². The van der Waals surface area contributed by atoms with Crippen molar-refractivity contribution in [2.75, 3.05) is 0 Å². The van der Waals surface area contributed by atoms with Crippen LogP contribution in [0.2, 0.25) is 0 Å². The molecule has 0 N–H and O–H groups in total. The normalized spacial score (nSPS) is 13.4. The molecule has 3 nitrogen and oxygen atoms in total. The Morgan fingerprint density at radius 2 is 1.76 bits per heavy atom. The van der Waals surface area contributed by atoms with Gasteiger partial charge in [-0.3, -0.25) is 0 Å². The van der Waals surface area contributed by atoms with E-state index in [-0.39, 0.29) is 0 Å². The van der Waals surface area contributed by atoms with Gasteiger partial charge in [-0.2, -0.15) is 0 Å². The third kappa shape index (κ3) is 5.07. The van der Waals surface area contributed by atoms with Gasteiger partial charge < -0.3 is 0 Å². The van der Waals surface area contributed by atoms with Crippen molar-refractivity contribution in [1.82, 2.24) is 15.0 Å². The van der Waals surface area contributed by atoms with Gasteiger partial charge in [-0.25, -0.2) is 15.0 Å². The smallest absolute Gasteiger partial charge is 0.143 e. The quantitative estimate of drug-likeness (QED) is 0.284. The monoisotopic (exact) mass is 437 g/mol. The Labute approximate surface area is 183 Å². The fourth-order valence-electron chi connectivity index (χ4n) is 2.85. The minimum absolute atomic E-state index is 0.299. The van der Waals surface area contributed by atoms with Crippen LogP contribution < -0.4 is 0 Å². The first-order valence-corrected chi connectivity index (χ1v) is 12.3. The maximum Gasteiger partial charge on any atom is 0.143 e. The summed E-state index contributed by atoms with van der Waals surface area (Å²) in [7, 11) is 0. The van der Waals surface area contributed by atoms with Crippen molar-refractivity contribution in [3.05, 3.63) is 75.0 Å². The summed E-state index contributed by atoms with van der Waals surface area (Å²) in [5, 5.41) is 7.46. The minimum atomic E-state index is 0.299. The first-order chi connectivity index (χ1) is 14.1. The Morgan fingerprint density at radius 3 is 2.59 bits per heavy atom. The first-order valence-electron chi connectivity index (χ1n) is 9.68. The standard InChI is InChI=1S/C23H23N3S3/c1-15(2)8-4-5-9-16(3)22-26-19(14-28-22)23-24-17(13-27-23)12-21-25-18-10-6-7-11-20(18)29-21/h4-11,13-16H,12H2,1-3H3/b8-4+,9-5+/t16-/m0/s1. The third-order valence-electron chi connectivity index (χ3n) is 4.36. The highest BCUT2D eigenvalue weighted by Gasteiger charge is 2.13. The van der Waals surface area contributed by atoms with Gasteiger partial charge in [0, 0.05) is 23.1 Å². The Balaban J connectivity index is 1.44. The van der Waals surface area contributed by atoms with E-state index in [2.05, 4.69) is 74.0 Å². The number of nitrogens with zero attached hydrogens (tertiary/aromatic N) is 3. The lowest BCUT2D eigenvalue weighted by Crippen LogP contribution is -1.89. The van der Waals surface area contributed by atoms with Crippen LogP contribution in [0.4, 0.5) is 0 Å². The molecule has 0 saturated heterocycles. The van der Waals surface area contributed by atoms with E-state index in [0.29, 0.717) is 11.8 Å². The summed E-state index contributed by atoms with van der Waals surface area (Å²) in [5.41, 5.74) is 3.10. The van der Waals surface area contributed by atoms with Gasteiger partial charge in [0.2, 0.25) is 0 Å². The Bertz CT molecular complexity index is 1110. The molecule has 4 aromatic rings. The molecule has 29 heavy (non-hydrogen) atoms. The van der Waals surface area contributed by atoms with Crippen LogP contribution in [0.3, 0.4) is 0 Å². The van der Waals surface area contributed by atoms with Crippen LogP contribution in [-0.4, -0.2) is 15.0 Å². The molecule has 148 valence electrons. The van der Waals surface area contributed by atoms with Gasteiger partial charge in [-0.1, -0.05) is 57.2 Å². The molecule has 3 aromatic heterocycles.